The predicted octanol–water partition coefficient (Wildman–Crippen LogP) is 4.09. The Hall–Kier alpha value is -4.84. The Morgan fingerprint density at radius 2 is 1.15 bits per heavy atom. The largest absolute Gasteiger partial charge is 0.397 e. The van der Waals surface area contributed by atoms with E-state index in [4.69, 9.17) is 11.5 Å². The highest BCUT2D eigenvalue weighted by molar-refractivity contribution is 6.35. The molecular formula is C28H18N2O4. The molecule has 0 bridgehead atoms. The molecule has 0 aliphatic heterocycles. The summed E-state index contributed by atoms with van der Waals surface area (Å²) in [5.74, 6) is -2.01. The van der Waals surface area contributed by atoms with Crippen LogP contribution < -0.4 is 11.5 Å². The normalized spacial score (nSPS) is 12.1. The van der Waals surface area contributed by atoms with Crippen LogP contribution in [0.2, 0.25) is 0 Å². The summed E-state index contributed by atoms with van der Waals surface area (Å²) in [4.78, 5) is 53.9. The van der Waals surface area contributed by atoms with Crippen molar-refractivity contribution < 1.29 is 19.2 Å². The molecule has 0 amide bonds. The second-order valence-electron chi connectivity index (χ2n) is 7.95. The van der Waals surface area contributed by atoms with Gasteiger partial charge < -0.3 is 11.5 Å². The quantitative estimate of drug-likeness (QED) is 0.317. The number of hydrogen-bond donors (Lipinski definition) is 2. The van der Waals surface area contributed by atoms with Crippen molar-refractivity contribution in [3.63, 3.8) is 0 Å². The molecule has 1 aliphatic rings. The number of benzene rings is 4. The highest BCUT2D eigenvalue weighted by atomic mass is 16.1. The number of carbonyl (C=O) groups excluding carboxylic acids is 4. The number of nitrogens with two attached hydrogens (primary N) is 2. The van der Waals surface area contributed by atoms with Crippen LogP contribution in [0.25, 0.3) is 0 Å². The van der Waals surface area contributed by atoms with Crippen molar-refractivity contribution in [3.8, 4) is 0 Å². The fourth-order valence-electron chi connectivity index (χ4n) is 4.29. The van der Waals surface area contributed by atoms with Crippen molar-refractivity contribution in [2.24, 2.45) is 0 Å². The summed E-state index contributed by atoms with van der Waals surface area (Å²) in [6.45, 7) is 0. The van der Waals surface area contributed by atoms with Crippen LogP contribution in [0.4, 0.5) is 11.4 Å². The standard InChI is InChI=1S/C28H18N2O4/c29-20-14-19-22(23(24(20)30)26(32)16-10-5-2-6-11-16)27(33)18-13-7-12-17(21(18)28(19)34)25(31)15-8-3-1-4-9-15/h1-14H,29-30H2. The van der Waals surface area contributed by atoms with Gasteiger partial charge in [0.1, 0.15) is 0 Å². The molecule has 0 radical (unpaired) electrons. The molecule has 4 aromatic rings. The van der Waals surface area contributed by atoms with Crippen molar-refractivity contribution in [1.29, 1.82) is 0 Å². The van der Waals surface area contributed by atoms with Crippen LogP contribution in [-0.2, 0) is 0 Å². The van der Waals surface area contributed by atoms with Crippen LogP contribution in [0, 0.1) is 0 Å². The summed E-state index contributed by atoms with van der Waals surface area (Å²) in [6, 6.07) is 22.7. The molecule has 6 heteroatoms. The van der Waals surface area contributed by atoms with Crippen LogP contribution >= 0.6 is 0 Å². The molecule has 164 valence electrons. The van der Waals surface area contributed by atoms with E-state index in [2.05, 4.69) is 0 Å². The Morgan fingerprint density at radius 3 is 1.76 bits per heavy atom. The van der Waals surface area contributed by atoms with Gasteiger partial charge in [0, 0.05) is 38.9 Å². The van der Waals surface area contributed by atoms with E-state index < -0.39 is 17.3 Å². The molecule has 5 rings (SSSR count). The average Bonchev–Trinajstić information content (AvgIpc) is 2.88. The highest BCUT2D eigenvalue weighted by Crippen LogP contribution is 2.38. The monoisotopic (exact) mass is 446 g/mol. The zero-order chi connectivity index (χ0) is 24.0. The lowest BCUT2D eigenvalue weighted by atomic mass is 9.77. The second kappa shape index (κ2) is 7.94. The van der Waals surface area contributed by atoms with Gasteiger partial charge in [0.05, 0.1) is 16.9 Å². The number of ketones is 4. The summed E-state index contributed by atoms with van der Waals surface area (Å²) >= 11 is 0. The van der Waals surface area contributed by atoms with Crippen molar-refractivity contribution in [1.82, 2.24) is 0 Å². The molecule has 4 N–H and O–H groups in total. The Morgan fingerprint density at radius 1 is 0.588 bits per heavy atom. The summed E-state index contributed by atoms with van der Waals surface area (Å²) in [6.07, 6.45) is 0. The summed E-state index contributed by atoms with van der Waals surface area (Å²) in [5, 5.41) is 0. The fourth-order valence-corrected chi connectivity index (χ4v) is 4.29. The van der Waals surface area contributed by atoms with E-state index in [1.165, 1.54) is 18.2 Å². The zero-order valence-electron chi connectivity index (χ0n) is 17.9. The van der Waals surface area contributed by atoms with Gasteiger partial charge in [0.2, 0.25) is 0 Å². The van der Waals surface area contributed by atoms with Gasteiger partial charge in [-0.05, 0) is 6.07 Å². The SMILES string of the molecule is Nc1cc2c(c(C(=O)c3ccccc3)c1N)C(=O)c1cccc(C(=O)c3ccccc3)c1C2=O. The van der Waals surface area contributed by atoms with Gasteiger partial charge in [-0.25, -0.2) is 0 Å². The molecule has 4 aromatic carbocycles. The predicted molar refractivity (Wildman–Crippen MR) is 128 cm³/mol. The Kier molecular flexibility index (Phi) is 4.91. The first-order valence-corrected chi connectivity index (χ1v) is 10.5. The van der Waals surface area contributed by atoms with E-state index in [-0.39, 0.29) is 50.5 Å². The van der Waals surface area contributed by atoms with Gasteiger partial charge in [0.25, 0.3) is 0 Å². The third kappa shape index (κ3) is 3.12. The van der Waals surface area contributed by atoms with E-state index in [0.29, 0.717) is 11.1 Å². The maximum atomic E-state index is 13.7. The third-order valence-corrected chi connectivity index (χ3v) is 5.95. The van der Waals surface area contributed by atoms with Crippen LogP contribution in [0.5, 0.6) is 0 Å². The number of anilines is 2. The first-order valence-electron chi connectivity index (χ1n) is 10.5. The molecule has 0 unspecified atom stereocenters. The van der Waals surface area contributed by atoms with Crippen LogP contribution in [0.1, 0.15) is 63.7 Å². The molecule has 0 saturated heterocycles. The van der Waals surface area contributed by atoms with Gasteiger partial charge in [0.15, 0.2) is 23.1 Å². The molecule has 0 saturated carbocycles. The fraction of sp³-hybridized carbons (Fsp3) is 0. The van der Waals surface area contributed by atoms with Gasteiger partial charge in [-0.1, -0.05) is 78.9 Å². The van der Waals surface area contributed by atoms with E-state index in [1.807, 2.05) is 0 Å². The third-order valence-electron chi connectivity index (χ3n) is 5.95. The van der Waals surface area contributed by atoms with Crippen LogP contribution in [-0.4, -0.2) is 23.1 Å². The minimum atomic E-state index is -0.557. The average molecular weight is 446 g/mol. The van der Waals surface area contributed by atoms with Crippen molar-refractivity contribution in [2.75, 3.05) is 11.5 Å². The smallest absolute Gasteiger partial charge is 0.195 e. The van der Waals surface area contributed by atoms with Crippen molar-refractivity contribution in [2.45, 2.75) is 0 Å². The van der Waals surface area contributed by atoms with Crippen LogP contribution in [0.15, 0.2) is 84.9 Å². The van der Waals surface area contributed by atoms with E-state index in [9.17, 15) is 19.2 Å². The number of nitrogen functional groups attached to an aromatic ring is 2. The lowest BCUT2D eigenvalue weighted by molar-refractivity contribution is 0.0964. The summed E-state index contributed by atoms with van der Waals surface area (Å²) in [7, 11) is 0. The molecule has 0 fully saturated rings. The summed E-state index contributed by atoms with van der Waals surface area (Å²) < 4.78 is 0. The molecule has 6 nitrogen and oxygen atoms in total. The molecule has 0 heterocycles. The van der Waals surface area contributed by atoms with E-state index in [1.54, 1.807) is 66.7 Å². The first kappa shape index (κ1) is 21.0. The Bertz CT molecular complexity index is 1520. The molecule has 0 aromatic heterocycles. The lowest BCUT2D eigenvalue weighted by Gasteiger charge is -2.23. The number of hydrogen-bond acceptors (Lipinski definition) is 6. The maximum Gasteiger partial charge on any atom is 0.195 e. The number of rotatable bonds is 4. The van der Waals surface area contributed by atoms with Gasteiger partial charge in [-0.2, -0.15) is 0 Å². The topological polar surface area (TPSA) is 120 Å². The number of carbonyl (C=O) groups is 4. The lowest BCUT2D eigenvalue weighted by Crippen LogP contribution is -2.28. The van der Waals surface area contributed by atoms with E-state index in [0.717, 1.165) is 0 Å². The zero-order valence-corrected chi connectivity index (χ0v) is 17.9. The molecule has 1 aliphatic carbocycles. The van der Waals surface area contributed by atoms with Gasteiger partial charge in [-0.3, -0.25) is 19.2 Å². The summed E-state index contributed by atoms with van der Waals surface area (Å²) in [5.41, 5.74) is 12.8. The molecule has 34 heavy (non-hydrogen) atoms. The Balaban J connectivity index is 1.74. The molecule has 0 spiro atoms. The van der Waals surface area contributed by atoms with Gasteiger partial charge in [-0.15, -0.1) is 0 Å². The highest BCUT2D eigenvalue weighted by Gasteiger charge is 2.37. The second-order valence-corrected chi connectivity index (χ2v) is 7.95. The van der Waals surface area contributed by atoms with E-state index >= 15 is 0 Å². The first-order chi connectivity index (χ1) is 16.4. The van der Waals surface area contributed by atoms with Crippen LogP contribution in [0.3, 0.4) is 0 Å². The minimum Gasteiger partial charge on any atom is -0.397 e. The van der Waals surface area contributed by atoms with Gasteiger partial charge >= 0.3 is 0 Å². The molecule has 0 atom stereocenters. The molecular weight excluding hydrogens is 428 g/mol. The Labute approximate surface area is 194 Å². The van der Waals surface area contributed by atoms with Crippen molar-refractivity contribution >= 4 is 34.5 Å². The number of fused-ring (bicyclic) bond motifs is 2. The minimum absolute atomic E-state index is 0.00358. The van der Waals surface area contributed by atoms with Crippen molar-refractivity contribution in [3.05, 3.63) is 129 Å². The maximum absolute atomic E-state index is 13.7.